The Bertz CT molecular complexity index is 1300. The molecule has 36 heavy (non-hydrogen) atoms. The van der Waals surface area contributed by atoms with Crippen molar-refractivity contribution in [2.24, 2.45) is 0 Å². The number of aliphatic carboxylic acids is 1. The van der Waals surface area contributed by atoms with E-state index < -0.39 is 12.1 Å². The second kappa shape index (κ2) is 11.0. The van der Waals surface area contributed by atoms with E-state index in [4.69, 9.17) is 26.5 Å². The van der Waals surface area contributed by atoms with Crippen molar-refractivity contribution < 1.29 is 23.1 Å². The molecule has 6 nitrogen and oxygen atoms in total. The van der Waals surface area contributed by atoms with Crippen molar-refractivity contribution in [1.29, 1.82) is 0 Å². The first-order chi connectivity index (χ1) is 17.1. The zero-order chi connectivity index (χ0) is 25.9. The molecule has 0 spiro atoms. The van der Waals surface area contributed by atoms with Crippen LogP contribution in [-0.4, -0.2) is 38.2 Å². The number of nitrogens with one attached hydrogen (secondary N) is 1. The van der Waals surface area contributed by atoms with Crippen LogP contribution in [0.1, 0.15) is 54.6 Å². The molecule has 10 heteroatoms. The van der Waals surface area contributed by atoms with Gasteiger partial charge in [0.2, 0.25) is 0 Å². The third kappa shape index (κ3) is 6.44. The number of aromatic nitrogens is 2. The number of H-pyrrole nitrogens is 1. The lowest BCUT2D eigenvalue weighted by Gasteiger charge is -2.28. The molecule has 0 aliphatic heterocycles. The number of halogens is 4. The van der Waals surface area contributed by atoms with Gasteiger partial charge in [-0.25, -0.2) is 9.78 Å². The summed E-state index contributed by atoms with van der Waals surface area (Å²) in [4.78, 5) is 31.7. The number of aryl methyl sites for hydroxylation is 2. The Morgan fingerprint density at radius 3 is 2.44 bits per heavy atom. The summed E-state index contributed by atoms with van der Waals surface area (Å²) in [5.74, 6) is -2.04. The maximum absolute atomic E-state index is 12.5. The number of aromatic amines is 1. The Morgan fingerprint density at radius 2 is 1.75 bits per heavy atom. The first-order valence-corrected chi connectivity index (χ1v) is 12.3. The van der Waals surface area contributed by atoms with E-state index in [1.54, 1.807) is 18.2 Å². The van der Waals surface area contributed by atoms with Crippen LogP contribution in [0.2, 0.25) is 5.02 Å². The zero-order valence-corrected chi connectivity index (χ0v) is 20.3. The molecule has 0 saturated heterocycles. The van der Waals surface area contributed by atoms with Gasteiger partial charge in [-0.3, -0.25) is 9.69 Å². The average molecular weight is 522 g/mol. The van der Waals surface area contributed by atoms with Gasteiger partial charge in [-0.1, -0.05) is 42.6 Å². The van der Waals surface area contributed by atoms with E-state index in [0.29, 0.717) is 28.5 Å². The van der Waals surface area contributed by atoms with Crippen LogP contribution in [0.3, 0.4) is 0 Å². The molecular weight excluding hydrogens is 495 g/mol. The van der Waals surface area contributed by atoms with Crippen LogP contribution in [0, 0.1) is 0 Å². The normalized spacial score (nSPS) is 15.7. The van der Waals surface area contributed by atoms with Crippen molar-refractivity contribution in [2.45, 2.75) is 70.3 Å². The number of carboxylic acids is 1. The summed E-state index contributed by atoms with van der Waals surface area (Å²) >= 11 is 6.12. The summed E-state index contributed by atoms with van der Waals surface area (Å²) in [6.45, 7) is 1.55. The molecule has 192 valence electrons. The highest BCUT2D eigenvalue weighted by molar-refractivity contribution is 6.31. The van der Waals surface area contributed by atoms with Crippen LogP contribution in [0.25, 0.3) is 10.9 Å². The molecule has 2 aromatic carbocycles. The maximum Gasteiger partial charge on any atom is 0.490 e. The van der Waals surface area contributed by atoms with E-state index in [1.165, 1.54) is 61.6 Å². The van der Waals surface area contributed by atoms with E-state index in [9.17, 15) is 18.0 Å². The van der Waals surface area contributed by atoms with Crippen molar-refractivity contribution in [3.63, 3.8) is 0 Å². The largest absolute Gasteiger partial charge is 0.490 e. The summed E-state index contributed by atoms with van der Waals surface area (Å²) in [6.07, 6.45) is 3.60. The lowest BCUT2D eigenvalue weighted by atomic mass is 10.1. The van der Waals surface area contributed by atoms with Gasteiger partial charge in [0.15, 0.2) is 0 Å². The summed E-state index contributed by atoms with van der Waals surface area (Å²) in [5, 5.41) is 8.32. The molecule has 2 aliphatic rings. The van der Waals surface area contributed by atoms with E-state index in [2.05, 4.69) is 28.1 Å². The standard InChI is InChI=1S/C24H26ClN3O.C2HF3O2/c25-19-10-11-21-22(13-19)26-23(27-24(21)29)15-28(20-6-1-2-7-20)14-16-8-9-17-4-3-5-18(17)12-16;3-2(4,5)1(6)7/h8-13,20H,1-7,14-15H2,(H,26,27,29);(H,6,7). The molecule has 3 aromatic rings. The number of benzene rings is 2. The summed E-state index contributed by atoms with van der Waals surface area (Å²) < 4.78 is 31.7. The van der Waals surface area contributed by atoms with Crippen molar-refractivity contribution in [3.05, 3.63) is 74.3 Å². The number of hydrogen-bond donors (Lipinski definition) is 2. The molecule has 2 N–H and O–H groups in total. The van der Waals surface area contributed by atoms with E-state index >= 15 is 0 Å². The van der Waals surface area contributed by atoms with Gasteiger partial charge >= 0.3 is 12.1 Å². The van der Waals surface area contributed by atoms with Crippen LogP contribution >= 0.6 is 11.6 Å². The van der Waals surface area contributed by atoms with Gasteiger partial charge in [0.25, 0.3) is 5.56 Å². The lowest BCUT2D eigenvalue weighted by Crippen LogP contribution is -2.33. The Morgan fingerprint density at radius 1 is 1.06 bits per heavy atom. The summed E-state index contributed by atoms with van der Waals surface area (Å²) in [5.41, 5.74) is 4.97. The van der Waals surface area contributed by atoms with Crippen molar-refractivity contribution in [1.82, 2.24) is 14.9 Å². The van der Waals surface area contributed by atoms with Crippen LogP contribution < -0.4 is 5.56 Å². The highest BCUT2D eigenvalue weighted by atomic mass is 35.5. The molecule has 0 bridgehead atoms. The average Bonchev–Trinajstić information content (AvgIpc) is 3.50. The predicted molar refractivity (Wildman–Crippen MR) is 131 cm³/mol. The van der Waals surface area contributed by atoms with E-state index in [1.807, 2.05) is 0 Å². The highest BCUT2D eigenvalue weighted by Crippen LogP contribution is 2.28. The third-order valence-electron chi connectivity index (χ3n) is 6.70. The molecule has 2 aliphatic carbocycles. The molecule has 0 amide bonds. The smallest absolute Gasteiger partial charge is 0.475 e. The minimum atomic E-state index is -5.08. The van der Waals surface area contributed by atoms with Crippen LogP contribution in [0.4, 0.5) is 13.2 Å². The quantitative estimate of drug-likeness (QED) is 0.453. The molecule has 0 unspecified atom stereocenters. The van der Waals surface area contributed by atoms with E-state index in [-0.39, 0.29) is 5.56 Å². The van der Waals surface area contributed by atoms with Crippen molar-refractivity contribution in [3.8, 4) is 0 Å². The first-order valence-electron chi connectivity index (χ1n) is 11.9. The Balaban J connectivity index is 0.000000384. The topological polar surface area (TPSA) is 86.3 Å². The van der Waals surface area contributed by atoms with Gasteiger partial charge in [0.05, 0.1) is 17.4 Å². The fraction of sp³-hybridized carbons (Fsp3) is 0.423. The minimum Gasteiger partial charge on any atom is -0.475 e. The molecule has 0 atom stereocenters. The molecule has 1 saturated carbocycles. The van der Waals surface area contributed by atoms with Crippen LogP contribution in [0.15, 0.2) is 41.2 Å². The van der Waals surface area contributed by atoms with Gasteiger partial charge in [-0.15, -0.1) is 0 Å². The maximum atomic E-state index is 12.5. The number of hydrogen-bond acceptors (Lipinski definition) is 4. The fourth-order valence-corrected chi connectivity index (χ4v) is 5.14. The lowest BCUT2D eigenvalue weighted by molar-refractivity contribution is -0.192. The second-order valence-electron chi connectivity index (χ2n) is 9.28. The number of nitrogens with zero attached hydrogens (tertiary/aromatic N) is 2. The molecule has 1 fully saturated rings. The minimum absolute atomic E-state index is 0.0921. The van der Waals surface area contributed by atoms with E-state index in [0.717, 1.165) is 12.4 Å². The fourth-order valence-electron chi connectivity index (χ4n) is 4.97. The Hall–Kier alpha value is -2.91. The number of carbonyl (C=O) groups is 1. The van der Waals surface area contributed by atoms with Crippen molar-refractivity contribution in [2.75, 3.05) is 0 Å². The van der Waals surface area contributed by atoms with Gasteiger partial charge in [-0.2, -0.15) is 13.2 Å². The van der Waals surface area contributed by atoms with Gasteiger partial charge in [0, 0.05) is 17.6 Å². The van der Waals surface area contributed by atoms with Gasteiger partial charge in [-0.05, 0) is 67.0 Å². The number of fused-ring (bicyclic) bond motifs is 2. The van der Waals surface area contributed by atoms with Crippen molar-refractivity contribution >= 4 is 28.5 Å². The van der Waals surface area contributed by atoms with Crippen LogP contribution in [-0.2, 0) is 30.7 Å². The summed E-state index contributed by atoms with van der Waals surface area (Å²) in [6, 6.07) is 12.8. The second-order valence-corrected chi connectivity index (χ2v) is 9.71. The van der Waals surface area contributed by atoms with Gasteiger partial charge < -0.3 is 10.1 Å². The molecule has 1 heterocycles. The zero-order valence-electron chi connectivity index (χ0n) is 19.6. The number of rotatable bonds is 5. The SMILES string of the molecule is O=C(O)C(F)(F)F.O=c1[nH]c(CN(Cc2ccc3c(c2)CCC3)C2CCCC2)nc2cc(Cl)ccc12. The number of alkyl halides is 3. The predicted octanol–water partition coefficient (Wildman–Crippen LogP) is 5.64. The molecule has 1 aromatic heterocycles. The molecular formula is C26H27ClF3N3O3. The number of carboxylic acid groups (broad SMARTS) is 1. The first kappa shape index (κ1) is 26.2. The van der Waals surface area contributed by atoms with Crippen LogP contribution in [0.5, 0.6) is 0 Å². The monoisotopic (exact) mass is 521 g/mol. The molecule has 0 radical (unpaired) electrons. The Labute approximate surface area is 211 Å². The highest BCUT2D eigenvalue weighted by Gasteiger charge is 2.38. The Kier molecular flexibility index (Phi) is 8.00. The van der Waals surface area contributed by atoms with Gasteiger partial charge in [0.1, 0.15) is 5.82 Å². The molecule has 5 rings (SSSR count). The summed E-state index contributed by atoms with van der Waals surface area (Å²) in [7, 11) is 0. The third-order valence-corrected chi connectivity index (χ3v) is 6.94.